The summed E-state index contributed by atoms with van der Waals surface area (Å²) < 4.78 is 11.0. The number of imide groups is 1. The van der Waals surface area contributed by atoms with Crippen molar-refractivity contribution in [3.05, 3.63) is 59.3 Å². The fourth-order valence-electron chi connectivity index (χ4n) is 5.73. The molecule has 1 aromatic heterocycles. The molecule has 36 heavy (non-hydrogen) atoms. The lowest BCUT2D eigenvalue weighted by Gasteiger charge is -2.35. The highest BCUT2D eigenvalue weighted by molar-refractivity contribution is 6.25. The van der Waals surface area contributed by atoms with E-state index in [2.05, 4.69) is 10.3 Å². The molecule has 9 heteroatoms. The van der Waals surface area contributed by atoms with E-state index in [1.165, 1.54) is 0 Å². The van der Waals surface area contributed by atoms with Gasteiger partial charge in [-0.3, -0.25) is 9.59 Å². The minimum atomic E-state index is -1.21. The molecule has 0 spiro atoms. The number of urea groups is 1. The number of nitrogens with zero attached hydrogens (tertiary/aromatic N) is 2. The van der Waals surface area contributed by atoms with Gasteiger partial charge in [-0.1, -0.05) is 12.1 Å². The number of carbonyl (C=O) groups excluding carboxylic acids is 3. The highest BCUT2D eigenvalue weighted by Crippen LogP contribution is 2.46. The van der Waals surface area contributed by atoms with Gasteiger partial charge in [-0.15, -0.1) is 0 Å². The summed E-state index contributed by atoms with van der Waals surface area (Å²) in [6.45, 7) is 3.26. The summed E-state index contributed by atoms with van der Waals surface area (Å²) in [5.41, 5.74) is 1.95. The van der Waals surface area contributed by atoms with Crippen molar-refractivity contribution in [1.82, 2.24) is 15.2 Å². The van der Waals surface area contributed by atoms with Crippen LogP contribution in [0.1, 0.15) is 41.4 Å². The number of benzene rings is 2. The van der Waals surface area contributed by atoms with Crippen LogP contribution < -0.4 is 15.0 Å². The standard InChI is InChI=1S/C27H28N4O5/c1-27-23-18(20-14-16(35-2)9-10-21(20)29-23)11-12-30(27)26(34)31(25(27)33)22-8-4-3-7-19(22)24(32)28-15-17-6-5-13-36-17/h3-4,7-10,14,17,29H,5-6,11-13,15H2,1-2H3,(H,28,32)/t17?,27-/m0/s1. The molecule has 0 aliphatic carbocycles. The van der Waals surface area contributed by atoms with Crippen LogP contribution in [0.5, 0.6) is 5.75 Å². The Morgan fingerprint density at radius 3 is 2.86 bits per heavy atom. The third-order valence-corrected chi connectivity index (χ3v) is 7.67. The third kappa shape index (κ3) is 3.22. The number of H-pyrrole nitrogens is 1. The average molecular weight is 489 g/mol. The Labute approximate surface area is 208 Å². The molecule has 0 bridgehead atoms. The number of rotatable bonds is 5. The first kappa shape index (κ1) is 22.6. The molecule has 2 N–H and O–H groups in total. The maximum absolute atomic E-state index is 14.0. The monoisotopic (exact) mass is 488 g/mol. The molecule has 0 saturated carbocycles. The Balaban J connectivity index is 1.37. The molecular formula is C27H28N4O5. The molecule has 3 aliphatic rings. The second kappa shape index (κ2) is 8.37. The van der Waals surface area contributed by atoms with Gasteiger partial charge in [0, 0.05) is 30.6 Å². The van der Waals surface area contributed by atoms with Crippen LogP contribution >= 0.6 is 0 Å². The highest BCUT2D eigenvalue weighted by Gasteiger charge is 2.59. The van der Waals surface area contributed by atoms with E-state index >= 15 is 0 Å². The summed E-state index contributed by atoms with van der Waals surface area (Å²) >= 11 is 0. The Hall–Kier alpha value is -3.85. The van der Waals surface area contributed by atoms with Crippen LogP contribution in [0.3, 0.4) is 0 Å². The van der Waals surface area contributed by atoms with Gasteiger partial charge in [-0.05, 0) is 62.1 Å². The number of hydrogen-bond acceptors (Lipinski definition) is 5. The summed E-state index contributed by atoms with van der Waals surface area (Å²) in [6.07, 6.45) is 2.47. The van der Waals surface area contributed by atoms with Crippen LogP contribution in [0.25, 0.3) is 10.9 Å². The number of amides is 4. The molecule has 0 radical (unpaired) electrons. The average Bonchev–Trinajstić information content (AvgIpc) is 3.59. The minimum absolute atomic E-state index is 0.0110. The number of aromatic nitrogens is 1. The summed E-state index contributed by atoms with van der Waals surface area (Å²) in [5.74, 6) is 0.0109. The molecule has 2 saturated heterocycles. The molecule has 1 unspecified atom stereocenters. The third-order valence-electron chi connectivity index (χ3n) is 7.67. The predicted molar refractivity (Wildman–Crippen MR) is 133 cm³/mol. The van der Waals surface area contributed by atoms with Gasteiger partial charge in [0.25, 0.3) is 11.8 Å². The Morgan fingerprint density at radius 2 is 2.08 bits per heavy atom. The van der Waals surface area contributed by atoms with Crippen LogP contribution in [-0.4, -0.2) is 60.6 Å². The molecule has 6 rings (SSSR count). The molecular weight excluding hydrogens is 460 g/mol. The quantitative estimate of drug-likeness (QED) is 0.536. The predicted octanol–water partition coefficient (Wildman–Crippen LogP) is 3.33. The van der Waals surface area contributed by atoms with Crippen molar-refractivity contribution in [3.63, 3.8) is 0 Å². The Morgan fingerprint density at radius 1 is 1.25 bits per heavy atom. The number of fused-ring (bicyclic) bond motifs is 5. The number of nitrogens with one attached hydrogen (secondary N) is 2. The fourth-order valence-corrected chi connectivity index (χ4v) is 5.73. The van der Waals surface area contributed by atoms with Gasteiger partial charge in [-0.25, -0.2) is 9.69 Å². The van der Waals surface area contributed by atoms with E-state index in [0.29, 0.717) is 31.8 Å². The number of para-hydroxylation sites is 1. The van der Waals surface area contributed by atoms with E-state index in [0.717, 1.165) is 40.0 Å². The van der Waals surface area contributed by atoms with Crippen molar-refractivity contribution in [2.24, 2.45) is 0 Å². The summed E-state index contributed by atoms with van der Waals surface area (Å²) in [6, 6.07) is 12.1. The number of aromatic amines is 1. The zero-order chi connectivity index (χ0) is 25.0. The van der Waals surface area contributed by atoms with Gasteiger partial charge in [0.15, 0.2) is 5.54 Å². The van der Waals surface area contributed by atoms with Crippen molar-refractivity contribution in [2.75, 3.05) is 31.7 Å². The zero-order valence-electron chi connectivity index (χ0n) is 20.3. The number of ether oxygens (including phenoxy) is 2. The van der Waals surface area contributed by atoms with E-state index < -0.39 is 11.6 Å². The highest BCUT2D eigenvalue weighted by atomic mass is 16.5. The van der Waals surface area contributed by atoms with Crippen molar-refractivity contribution in [2.45, 2.75) is 37.8 Å². The molecule has 3 aliphatic heterocycles. The van der Waals surface area contributed by atoms with Crippen LogP contribution in [-0.2, 0) is 21.5 Å². The summed E-state index contributed by atoms with van der Waals surface area (Å²) in [7, 11) is 1.62. The van der Waals surface area contributed by atoms with Gasteiger partial charge >= 0.3 is 6.03 Å². The van der Waals surface area contributed by atoms with E-state index in [-0.39, 0.29) is 29.2 Å². The maximum Gasteiger partial charge on any atom is 0.332 e. The van der Waals surface area contributed by atoms with Gasteiger partial charge in [0.05, 0.1) is 30.2 Å². The number of hydrogen-bond donors (Lipinski definition) is 2. The van der Waals surface area contributed by atoms with Crippen LogP contribution in [0.2, 0.25) is 0 Å². The lowest BCUT2D eigenvalue weighted by molar-refractivity contribution is -0.125. The normalized spacial score (nSPS) is 23.2. The van der Waals surface area contributed by atoms with Gasteiger partial charge in [0.2, 0.25) is 0 Å². The SMILES string of the molecule is COc1ccc2[nH]c3c(c2c1)CCN1C(=O)N(c2ccccc2C(=O)NCC2CCCO2)C(=O)[C@]31C. The molecule has 2 aromatic carbocycles. The Bertz CT molecular complexity index is 1390. The van der Waals surface area contributed by atoms with Crippen LogP contribution in [0, 0.1) is 0 Å². The lowest BCUT2D eigenvalue weighted by Crippen LogP contribution is -2.49. The molecule has 4 amide bonds. The van der Waals surface area contributed by atoms with E-state index in [1.54, 1.807) is 43.2 Å². The minimum Gasteiger partial charge on any atom is -0.497 e. The topological polar surface area (TPSA) is 104 Å². The van der Waals surface area contributed by atoms with Crippen molar-refractivity contribution in [3.8, 4) is 5.75 Å². The first-order valence-electron chi connectivity index (χ1n) is 12.3. The van der Waals surface area contributed by atoms with Crippen LogP contribution in [0.4, 0.5) is 10.5 Å². The molecule has 2 fully saturated rings. The second-order valence-electron chi connectivity index (χ2n) is 9.65. The van der Waals surface area contributed by atoms with Crippen molar-refractivity contribution >= 4 is 34.4 Å². The number of anilines is 1. The van der Waals surface area contributed by atoms with Crippen LogP contribution in [0.15, 0.2) is 42.5 Å². The molecule has 9 nitrogen and oxygen atoms in total. The number of methoxy groups -OCH3 is 1. The smallest absolute Gasteiger partial charge is 0.332 e. The first-order valence-corrected chi connectivity index (χ1v) is 12.3. The molecule has 4 heterocycles. The summed E-state index contributed by atoms with van der Waals surface area (Å²) in [5, 5.41) is 3.89. The van der Waals surface area contributed by atoms with Crippen molar-refractivity contribution < 1.29 is 23.9 Å². The largest absolute Gasteiger partial charge is 0.497 e. The molecule has 2 atom stereocenters. The molecule has 3 aromatic rings. The lowest BCUT2D eigenvalue weighted by atomic mass is 9.87. The number of carbonyl (C=O) groups is 3. The Kier molecular flexibility index (Phi) is 5.26. The fraction of sp³-hybridized carbons (Fsp3) is 0.370. The van der Waals surface area contributed by atoms with Crippen molar-refractivity contribution in [1.29, 1.82) is 0 Å². The van der Waals surface area contributed by atoms with E-state index in [9.17, 15) is 14.4 Å². The molecule has 186 valence electrons. The summed E-state index contributed by atoms with van der Waals surface area (Å²) in [4.78, 5) is 47.0. The van der Waals surface area contributed by atoms with E-state index in [1.807, 2.05) is 18.2 Å². The van der Waals surface area contributed by atoms with E-state index in [4.69, 9.17) is 9.47 Å². The first-order chi connectivity index (χ1) is 17.4. The van der Waals surface area contributed by atoms with Gasteiger partial charge in [0.1, 0.15) is 5.75 Å². The maximum atomic E-state index is 14.0. The second-order valence-corrected chi connectivity index (χ2v) is 9.65. The van der Waals surface area contributed by atoms with Gasteiger partial charge in [-0.2, -0.15) is 0 Å². The zero-order valence-corrected chi connectivity index (χ0v) is 20.3. The van der Waals surface area contributed by atoms with Gasteiger partial charge < -0.3 is 24.7 Å².